The van der Waals surface area contributed by atoms with Gasteiger partial charge in [-0.1, -0.05) is 18.2 Å². The molecule has 0 aliphatic carbocycles. The molecule has 0 saturated heterocycles. The van der Waals surface area contributed by atoms with Gasteiger partial charge in [-0.05, 0) is 36.6 Å². The van der Waals surface area contributed by atoms with E-state index < -0.39 is 11.9 Å². The van der Waals surface area contributed by atoms with E-state index in [4.69, 9.17) is 29.5 Å². The molecule has 0 fully saturated rings. The second-order valence-corrected chi connectivity index (χ2v) is 7.74. The Morgan fingerprint density at radius 3 is 2.43 bits per heavy atom. The largest absolute Gasteiger partial charge is 0.473 e. The first-order valence-corrected chi connectivity index (χ1v) is 10.8. The standard InChI is InChI=1S/C22H23FN4O2.C2H2O4/c1-29-18-14-26(12-4-6-16-5-2-3-7-19(16)23)22-25-20(13-21(28)27(22)15-18)17-8-10-24-11-9-17;3-1(4)2(5)6/h2-3,5,7-11,13,18H,4,6,12,14-15H2,1H3;(H,3,4)(H,5,6). The predicted molar refractivity (Wildman–Crippen MR) is 125 cm³/mol. The predicted octanol–water partition coefficient (Wildman–Crippen LogP) is 2.07. The maximum atomic E-state index is 13.9. The lowest BCUT2D eigenvalue weighted by Crippen LogP contribution is -2.47. The highest BCUT2D eigenvalue weighted by Gasteiger charge is 2.27. The van der Waals surface area contributed by atoms with Gasteiger partial charge in [0.15, 0.2) is 0 Å². The molecule has 0 spiro atoms. The molecule has 2 aromatic heterocycles. The summed E-state index contributed by atoms with van der Waals surface area (Å²) in [5, 5.41) is 14.8. The molecule has 4 rings (SSSR count). The maximum absolute atomic E-state index is 13.9. The van der Waals surface area contributed by atoms with E-state index in [2.05, 4.69) is 9.88 Å². The summed E-state index contributed by atoms with van der Waals surface area (Å²) in [4.78, 5) is 41.8. The van der Waals surface area contributed by atoms with Crippen molar-refractivity contribution in [3.63, 3.8) is 0 Å². The number of nitrogens with zero attached hydrogens (tertiary/aromatic N) is 4. The number of aromatic nitrogens is 3. The summed E-state index contributed by atoms with van der Waals surface area (Å²) < 4.78 is 21.1. The summed E-state index contributed by atoms with van der Waals surface area (Å²) in [7, 11) is 1.65. The fourth-order valence-corrected chi connectivity index (χ4v) is 3.67. The van der Waals surface area contributed by atoms with Crippen molar-refractivity contribution in [1.82, 2.24) is 14.5 Å². The van der Waals surface area contributed by atoms with Gasteiger partial charge in [-0.2, -0.15) is 0 Å². The molecule has 1 aliphatic heterocycles. The first-order chi connectivity index (χ1) is 16.8. The Morgan fingerprint density at radius 2 is 1.80 bits per heavy atom. The monoisotopic (exact) mass is 484 g/mol. The highest BCUT2D eigenvalue weighted by Crippen LogP contribution is 2.23. The Hall–Kier alpha value is -4.12. The minimum atomic E-state index is -1.82. The van der Waals surface area contributed by atoms with E-state index in [0.717, 1.165) is 12.0 Å². The van der Waals surface area contributed by atoms with Crippen molar-refractivity contribution in [2.45, 2.75) is 25.5 Å². The van der Waals surface area contributed by atoms with Crippen molar-refractivity contribution >= 4 is 17.9 Å². The van der Waals surface area contributed by atoms with Crippen LogP contribution in [0.1, 0.15) is 12.0 Å². The van der Waals surface area contributed by atoms with Crippen molar-refractivity contribution in [3.8, 4) is 11.3 Å². The molecule has 0 amide bonds. The topological polar surface area (TPSA) is 135 Å². The molecule has 35 heavy (non-hydrogen) atoms. The molecule has 0 radical (unpaired) electrons. The number of ether oxygens (including phenoxy) is 1. The Morgan fingerprint density at radius 1 is 1.11 bits per heavy atom. The van der Waals surface area contributed by atoms with Gasteiger partial charge < -0.3 is 19.8 Å². The van der Waals surface area contributed by atoms with Crippen LogP contribution in [0.15, 0.2) is 59.7 Å². The van der Waals surface area contributed by atoms with Crippen LogP contribution < -0.4 is 10.5 Å². The van der Waals surface area contributed by atoms with E-state index in [-0.39, 0.29) is 17.5 Å². The quantitative estimate of drug-likeness (QED) is 0.504. The molecular weight excluding hydrogens is 459 g/mol. The van der Waals surface area contributed by atoms with Crippen LogP contribution >= 0.6 is 0 Å². The maximum Gasteiger partial charge on any atom is 0.414 e. The number of carboxylic acid groups (broad SMARTS) is 2. The van der Waals surface area contributed by atoms with E-state index in [9.17, 15) is 9.18 Å². The number of rotatable bonds is 6. The van der Waals surface area contributed by atoms with Gasteiger partial charge in [-0.3, -0.25) is 14.3 Å². The minimum Gasteiger partial charge on any atom is -0.473 e. The second kappa shape index (κ2) is 11.8. The van der Waals surface area contributed by atoms with Crippen LogP contribution in [0.2, 0.25) is 0 Å². The highest BCUT2D eigenvalue weighted by molar-refractivity contribution is 6.27. The van der Waals surface area contributed by atoms with Crippen molar-refractivity contribution < 1.29 is 28.9 Å². The van der Waals surface area contributed by atoms with Gasteiger partial charge in [0, 0.05) is 44.2 Å². The fourth-order valence-electron chi connectivity index (χ4n) is 3.67. The summed E-state index contributed by atoms with van der Waals surface area (Å²) in [6, 6.07) is 12.0. The molecule has 1 aliphatic rings. The number of anilines is 1. The Labute approximate surface area is 200 Å². The number of hydrogen-bond acceptors (Lipinski definition) is 7. The van der Waals surface area contributed by atoms with Crippen LogP contribution in [0.5, 0.6) is 0 Å². The molecule has 10 nitrogen and oxygen atoms in total. The highest BCUT2D eigenvalue weighted by atomic mass is 19.1. The number of halogens is 1. The molecule has 0 bridgehead atoms. The number of aryl methyl sites for hydroxylation is 1. The van der Waals surface area contributed by atoms with Crippen molar-refractivity contribution in [3.05, 3.63) is 76.6 Å². The number of carbonyl (C=O) groups is 2. The van der Waals surface area contributed by atoms with Gasteiger partial charge in [0.2, 0.25) is 5.95 Å². The van der Waals surface area contributed by atoms with Gasteiger partial charge in [0.25, 0.3) is 5.56 Å². The van der Waals surface area contributed by atoms with E-state index >= 15 is 0 Å². The zero-order valence-electron chi connectivity index (χ0n) is 19.0. The first-order valence-electron chi connectivity index (χ1n) is 10.8. The molecular formula is C24H25FN4O6. The third-order valence-electron chi connectivity index (χ3n) is 5.41. The average molecular weight is 484 g/mol. The Balaban J connectivity index is 0.000000509. The average Bonchev–Trinajstić information content (AvgIpc) is 2.86. The summed E-state index contributed by atoms with van der Waals surface area (Å²) in [6.45, 7) is 1.76. The summed E-state index contributed by atoms with van der Waals surface area (Å²) in [5.41, 5.74) is 2.06. The van der Waals surface area contributed by atoms with Crippen LogP contribution in [0, 0.1) is 5.82 Å². The lowest BCUT2D eigenvalue weighted by Gasteiger charge is -2.35. The molecule has 3 heterocycles. The molecule has 1 unspecified atom stereocenters. The minimum absolute atomic E-state index is 0.0952. The first kappa shape index (κ1) is 25.5. The third kappa shape index (κ3) is 6.70. The summed E-state index contributed by atoms with van der Waals surface area (Å²) in [5.74, 6) is -3.20. The van der Waals surface area contributed by atoms with E-state index in [1.54, 1.807) is 36.2 Å². The third-order valence-corrected chi connectivity index (χ3v) is 5.41. The van der Waals surface area contributed by atoms with Crippen molar-refractivity contribution in [2.75, 3.05) is 25.1 Å². The zero-order valence-corrected chi connectivity index (χ0v) is 19.0. The lowest BCUT2D eigenvalue weighted by atomic mass is 10.1. The number of fused-ring (bicyclic) bond motifs is 1. The van der Waals surface area contributed by atoms with E-state index in [1.807, 2.05) is 24.3 Å². The smallest absolute Gasteiger partial charge is 0.414 e. The number of methoxy groups -OCH3 is 1. The van der Waals surface area contributed by atoms with Crippen LogP contribution in [0.4, 0.5) is 10.3 Å². The number of pyridine rings is 1. The molecule has 1 atom stereocenters. The lowest BCUT2D eigenvalue weighted by molar-refractivity contribution is -0.159. The SMILES string of the molecule is COC1CN(CCCc2ccccc2F)c2nc(-c3ccncc3)cc(=O)n2C1.O=C(O)C(=O)O. The van der Waals surface area contributed by atoms with Gasteiger partial charge in [0.1, 0.15) is 5.82 Å². The van der Waals surface area contributed by atoms with E-state index in [1.165, 1.54) is 6.07 Å². The molecule has 3 aromatic rings. The normalized spacial score (nSPS) is 14.5. The number of carboxylic acids is 2. The van der Waals surface area contributed by atoms with E-state index in [0.29, 0.717) is 43.3 Å². The summed E-state index contributed by atoms with van der Waals surface area (Å²) >= 11 is 0. The van der Waals surface area contributed by atoms with Crippen LogP contribution in [-0.2, 0) is 27.3 Å². The zero-order chi connectivity index (χ0) is 25.4. The van der Waals surface area contributed by atoms with Crippen LogP contribution in [0.3, 0.4) is 0 Å². The number of hydrogen-bond donors (Lipinski definition) is 2. The number of benzene rings is 1. The number of aliphatic carboxylic acids is 2. The van der Waals surface area contributed by atoms with Crippen LogP contribution in [0.25, 0.3) is 11.3 Å². The molecule has 0 saturated carbocycles. The van der Waals surface area contributed by atoms with Crippen LogP contribution in [-0.4, -0.2) is 63.0 Å². The molecule has 11 heteroatoms. The van der Waals surface area contributed by atoms with Gasteiger partial charge in [-0.15, -0.1) is 0 Å². The molecule has 1 aromatic carbocycles. The Bertz CT molecular complexity index is 1220. The fraction of sp³-hybridized carbons (Fsp3) is 0.292. The molecule has 184 valence electrons. The van der Waals surface area contributed by atoms with Gasteiger partial charge in [-0.25, -0.2) is 19.0 Å². The summed E-state index contributed by atoms with van der Waals surface area (Å²) in [6.07, 6.45) is 4.63. The molecule has 2 N–H and O–H groups in total. The van der Waals surface area contributed by atoms with Gasteiger partial charge >= 0.3 is 11.9 Å². The van der Waals surface area contributed by atoms with Crippen molar-refractivity contribution in [2.24, 2.45) is 0 Å². The Kier molecular flexibility index (Phi) is 8.63. The van der Waals surface area contributed by atoms with Crippen molar-refractivity contribution in [1.29, 1.82) is 0 Å². The second-order valence-electron chi connectivity index (χ2n) is 7.74. The van der Waals surface area contributed by atoms with Gasteiger partial charge in [0.05, 0.1) is 18.3 Å².